The molecule has 2 fully saturated rings. The maximum Gasteiger partial charge on any atom is 0.247 e. The second kappa shape index (κ2) is 14.6. The van der Waals surface area contributed by atoms with Crippen LogP contribution in [0, 0.1) is 0 Å². The van der Waals surface area contributed by atoms with Crippen LogP contribution < -0.4 is 25.6 Å². The van der Waals surface area contributed by atoms with E-state index in [1.165, 1.54) is 6.08 Å². The summed E-state index contributed by atoms with van der Waals surface area (Å²) < 4.78 is 16.9. The third-order valence-electron chi connectivity index (χ3n) is 8.48. The van der Waals surface area contributed by atoms with Gasteiger partial charge in [-0.3, -0.25) is 9.69 Å². The van der Waals surface area contributed by atoms with Crippen LogP contribution in [0.1, 0.15) is 24.8 Å². The Hall–Kier alpha value is -4.45. The molecule has 3 aromatic rings. The Morgan fingerprint density at radius 3 is 2.56 bits per heavy atom. The van der Waals surface area contributed by atoms with Gasteiger partial charge in [-0.1, -0.05) is 18.7 Å². The fraction of sp³-hybridized carbons (Fsp3) is 0.382. The van der Waals surface area contributed by atoms with Crippen LogP contribution in [0.4, 0.5) is 34.5 Å². The summed E-state index contributed by atoms with van der Waals surface area (Å²) in [5.74, 6) is 1.64. The van der Waals surface area contributed by atoms with Gasteiger partial charge in [0.1, 0.15) is 11.6 Å². The van der Waals surface area contributed by atoms with Gasteiger partial charge in [-0.25, -0.2) is 4.98 Å². The van der Waals surface area contributed by atoms with Crippen molar-refractivity contribution in [1.29, 1.82) is 0 Å². The van der Waals surface area contributed by atoms with Gasteiger partial charge in [-0.15, -0.1) is 0 Å². The van der Waals surface area contributed by atoms with Gasteiger partial charge in [0.2, 0.25) is 11.9 Å². The summed E-state index contributed by atoms with van der Waals surface area (Å²) in [6, 6.07) is 14.2. The summed E-state index contributed by atoms with van der Waals surface area (Å²) in [7, 11) is 1.71. The summed E-state index contributed by atoms with van der Waals surface area (Å²) in [6.07, 6.45) is 8.17. The third kappa shape index (κ3) is 7.62. The number of nitrogens with one attached hydrogen (secondary N) is 3. The predicted octanol–water partition coefficient (Wildman–Crippen LogP) is 5.20. The Kier molecular flexibility index (Phi) is 9.89. The number of hydrogen-bond donors (Lipinski definition) is 3. The highest BCUT2D eigenvalue weighted by molar-refractivity contribution is 5.99. The molecule has 0 spiro atoms. The number of ether oxygens (including phenoxy) is 3. The molecule has 3 aliphatic rings. The number of amides is 1. The highest BCUT2D eigenvalue weighted by Crippen LogP contribution is 2.35. The van der Waals surface area contributed by atoms with Gasteiger partial charge in [0, 0.05) is 67.1 Å². The van der Waals surface area contributed by atoms with Crippen molar-refractivity contribution in [3.8, 4) is 5.75 Å². The lowest BCUT2D eigenvalue weighted by Crippen LogP contribution is -2.49. The van der Waals surface area contributed by atoms with Crippen LogP contribution in [0.25, 0.3) is 5.57 Å². The quantitative estimate of drug-likeness (QED) is 0.265. The third-order valence-corrected chi connectivity index (χ3v) is 8.48. The average molecular weight is 612 g/mol. The first-order valence-corrected chi connectivity index (χ1v) is 15.6. The number of carbonyl (C=O) groups is 1. The lowest BCUT2D eigenvalue weighted by molar-refractivity contribution is -0.111. The number of carbonyl (C=O) groups excluding carboxylic acids is 1. The molecule has 1 amide bonds. The van der Waals surface area contributed by atoms with Gasteiger partial charge < -0.3 is 35.1 Å². The largest absolute Gasteiger partial charge is 0.495 e. The molecule has 11 nitrogen and oxygen atoms in total. The van der Waals surface area contributed by atoms with Crippen LogP contribution in [-0.2, 0) is 14.3 Å². The van der Waals surface area contributed by atoms with E-state index in [2.05, 4.69) is 49.5 Å². The van der Waals surface area contributed by atoms with Gasteiger partial charge in [-0.05, 0) is 61.2 Å². The number of piperidine rings is 1. The number of anilines is 6. The number of hydrogen-bond acceptors (Lipinski definition) is 10. The molecule has 11 heteroatoms. The number of aromatic nitrogens is 2. The molecule has 0 unspecified atom stereocenters. The van der Waals surface area contributed by atoms with Gasteiger partial charge in [0.25, 0.3) is 0 Å². The minimum atomic E-state index is -0.271. The van der Waals surface area contributed by atoms with Crippen molar-refractivity contribution in [3.63, 3.8) is 0 Å². The first kappa shape index (κ1) is 30.6. The van der Waals surface area contributed by atoms with Crippen molar-refractivity contribution in [2.45, 2.75) is 25.3 Å². The molecule has 2 saturated heterocycles. The molecular weight excluding hydrogens is 570 g/mol. The second-order valence-electron chi connectivity index (χ2n) is 11.3. The smallest absolute Gasteiger partial charge is 0.247 e. The molecule has 0 saturated carbocycles. The molecular formula is C34H41N7O4. The Morgan fingerprint density at radius 2 is 1.80 bits per heavy atom. The zero-order valence-corrected chi connectivity index (χ0v) is 25.8. The van der Waals surface area contributed by atoms with E-state index in [0.29, 0.717) is 36.7 Å². The van der Waals surface area contributed by atoms with E-state index in [1.54, 1.807) is 7.11 Å². The topological polar surface area (TPSA) is 113 Å². The van der Waals surface area contributed by atoms with E-state index in [0.717, 1.165) is 92.6 Å². The monoisotopic (exact) mass is 611 g/mol. The Balaban J connectivity index is 1.19. The van der Waals surface area contributed by atoms with Crippen LogP contribution in [-0.4, -0.2) is 86.5 Å². The first-order valence-electron chi connectivity index (χ1n) is 15.6. The van der Waals surface area contributed by atoms with Crippen LogP contribution >= 0.6 is 0 Å². The number of rotatable bonds is 10. The van der Waals surface area contributed by atoms with Crippen LogP contribution in [0.3, 0.4) is 0 Å². The predicted molar refractivity (Wildman–Crippen MR) is 178 cm³/mol. The zero-order chi connectivity index (χ0) is 31.0. The van der Waals surface area contributed by atoms with Gasteiger partial charge in [0.05, 0.1) is 39.2 Å². The van der Waals surface area contributed by atoms with Gasteiger partial charge in [-0.2, -0.15) is 4.98 Å². The van der Waals surface area contributed by atoms with Crippen LogP contribution in [0.2, 0.25) is 0 Å². The van der Waals surface area contributed by atoms with E-state index in [-0.39, 0.29) is 5.91 Å². The van der Waals surface area contributed by atoms with Crippen molar-refractivity contribution in [2.24, 2.45) is 0 Å². The molecule has 6 rings (SSSR count). The summed E-state index contributed by atoms with van der Waals surface area (Å²) in [6.45, 7) is 10.4. The Bertz CT molecular complexity index is 1530. The fourth-order valence-corrected chi connectivity index (χ4v) is 6.11. The summed E-state index contributed by atoms with van der Waals surface area (Å²) in [5, 5.41) is 9.61. The minimum absolute atomic E-state index is 0.271. The summed E-state index contributed by atoms with van der Waals surface area (Å²) in [5.41, 5.74) is 5.38. The molecule has 1 aromatic heterocycles. The average Bonchev–Trinajstić information content (AvgIpc) is 3.09. The van der Waals surface area contributed by atoms with E-state index >= 15 is 0 Å². The fourth-order valence-electron chi connectivity index (χ4n) is 6.11. The molecule has 4 heterocycles. The van der Waals surface area contributed by atoms with Crippen molar-refractivity contribution >= 4 is 46.0 Å². The maximum absolute atomic E-state index is 11.8. The minimum Gasteiger partial charge on any atom is -0.495 e. The molecule has 0 atom stereocenters. The van der Waals surface area contributed by atoms with E-state index in [4.69, 9.17) is 19.2 Å². The van der Waals surface area contributed by atoms with Crippen molar-refractivity contribution in [2.75, 3.05) is 80.6 Å². The Morgan fingerprint density at radius 1 is 1.00 bits per heavy atom. The van der Waals surface area contributed by atoms with E-state index in [9.17, 15) is 4.79 Å². The van der Waals surface area contributed by atoms with Crippen molar-refractivity contribution in [1.82, 2.24) is 14.9 Å². The highest BCUT2D eigenvalue weighted by Gasteiger charge is 2.27. The molecule has 0 bridgehead atoms. The molecule has 0 radical (unpaired) electrons. The van der Waals surface area contributed by atoms with Crippen molar-refractivity contribution in [3.05, 3.63) is 73.0 Å². The number of benzene rings is 2. The lowest BCUT2D eigenvalue weighted by atomic mass is 10.0. The molecule has 45 heavy (non-hydrogen) atoms. The number of methoxy groups -OCH3 is 1. The van der Waals surface area contributed by atoms with Crippen LogP contribution in [0.15, 0.2) is 67.4 Å². The van der Waals surface area contributed by atoms with Gasteiger partial charge >= 0.3 is 0 Å². The maximum atomic E-state index is 11.8. The molecule has 236 valence electrons. The number of nitrogens with zero attached hydrogens (tertiary/aromatic N) is 4. The summed E-state index contributed by atoms with van der Waals surface area (Å²) in [4.78, 5) is 26.4. The summed E-state index contributed by atoms with van der Waals surface area (Å²) >= 11 is 0. The SMILES string of the molecule is C=CC(=O)Nc1cccc(Nc2nc(Nc3ccc(N4CCC(N5CCOCC5)CC4)c(OC)c3)ncc2C2=CCOCC2)c1. The zero-order valence-electron chi connectivity index (χ0n) is 25.8. The van der Waals surface area contributed by atoms with Crippen molar-refractivity contribution < 1.29 is 19.0 Å². The normalized spacial score (nSPS) is 17.7. The molecule has 2 aromatic carbocycles. The molecule has 3 aliphatic heterocycles. The van der Waals surface area contributed by atoms with Gasteiger partial charge in [0.15, 0.2) is 0 Å². The highest BCUT2D eigenvalue weighted by atomic mass is 16.5. The number of morpholine rings is 1. The van der Waals surface area contributed by atoms with Crippen LogP contribution in [0.5, 0.6) is 5.75 Å². The Labute approximate surface area is 264 Å². The first-order chi connectivity index (χ1) is 22.1. The molecule has 0 aliphatic carbocycles. The standard InChI is InChI=1S/C34H41N7O4/c1-3-32(42)36-25-5-4-6-26(21-25)37-33-29(24-11-17-44-18-12-24)23-35-34(39-33)38-27-7-8-30(31(22-27)43-2)41-13-9-28(10-14-41)40-15-19-45-20-16-40/h3-8,11,21-23,28H,1,9-10,12-20H2,2H3,(H,36,42)(H2,35,37,38,39). The molecule has 3 N–H and O–H groups in total. The van der Waals surface area contributed by atoms with E-state index in [1.807, 2.05) is 42.6 Å². The lowest BCUT2D eigenvalue weighted by Gasteiger charge is -2.41. The van der Waals surface area contributed by atoms with E-state index < -0.39 is 0 Å². The second-order valence-corrected chi connectivity index (χ2v) is 11.3.